The summed E-state index contributed by atoms with van der Waals surface area (Å²) >= 11 is 0. The van der Waals surface area contributed by atoms with Gasteiger partial charge in [0.2, 0.25) is 0 Å². The van der Waals surface area contributed by atoms with Crippen LogP contribution in [0.3, 0.4) is 0 Å². The predicted octanol–water partition coefficient (Wildman–Crippen LogP) is 2.40. The third-order valence-corrected chi connectivity index (χ3v) is 3.05. The number of rotatable bonds is 2. The van der Waals surface area contributed by atoms with Crippen LogP contribution in [0.2, 0.25) is 0 Å². The summed E-state index contributed by atoms with van der Waals surface area (Å²) in [5.41, 5.74) is -0.639. The van der Waals surface area contributed by atoms with Crippen LogP contribution in [-0.4, -0.2) is 28.8 Å². The number of carbonyl (C=O) groups excluding carboxylic acids is 1. The molecule has 104 valence electrons. The zero-order chi connectivity index (χ0) is 14.1. The van der Waals surface area contributed by atoms with Crippen molar-refractivity contribution >= 4 is 12.1 Å². The van der Waals surface area contributed by atoms with Crippen molar-refractivity contribution in [3.8, 4) is 0 Å². The van der Waals surface area contributed by atoms with Gasteiger partial charge in [-0.1, -0.05) is 13.8 Å². The van der Waals surface area contributed by atoms with Gasteiger partial charge in [-0.15, -0.1) is 0 Å². The van der Waals surface area contributed by atoms with E-state index in [2.05, 4.69) is 5.32 Å². The number of nitrogens with one attached hydrogen (secondary N) is 1. The van der Waals surface area contributed by atoms with Crippen LogP contribution in [0.4, 0.5) is 4.79 Å². The van der Waals surface area contributed by atoms with Gasteiger partial charge in [0.05, 0.1) is 5.92 Å². The van der Waals surface area contributed by atoms with Crippen molar-refractivity contribution in [2.24, 2.45) is 11.3 Å². The monoisotopic (exact) mass is 257 g/mol. The summed E-state index contributed by atoms with van der Waals surface area (Å²) in [7, 11) is 0. The lowest BCUT2D eigenvalue weighted by atomic mass is 9.90. The van der Waals surface area contributed by atoms with E-state index in [1.165, 1.54) is 0 Å². The minimum absolute atomic E-state index is 0.0667. The fraction of sp³-hybridized carbons (Fsp3) is 0.846. The van der Waals surface area contributed by atoms with Gasteiger partial charge >= 0.3 is 12.1 Å². The third kappa shape index (κ3) is 4.20. The van der Waals surface area contributed by atoms with E-state index in [0.29, 0.717) is 12.8 Å². The normalized spacial score (nSPS) is 26.7. The fourth-order valence-corrected chi connectivity index (χ4v) is 2.43. The first kappa shape index (κ1) is 14.8. The first-order valence-electron chi connectivity index (χ1n) is 6.22. The molecule has 0 unspecified atom stereocenters. The molecular formula is C13H23NO4. The van der Waals surface area contributed by atoms with Crippen LogP contribution in [0.25, 0.3) is 0 Å². The second kappa shape index (κ2) is 4.78. The van der Waals surface area contributed by atoms with E-state index in [9.17, 15) is 9.59 Å². The van der Waals surface area contributed by atoms with Crippen molar-refractivity contribution in [2.75, 3.05) is 0 Å². The molecular weight excluding hydrogens is 234 g/mol. The van der Waals surface area contributed by atoms with Crippen molar-refractivity contribution < 1.29 is 19.4 Å². The van der Waals surface area contributed by atoms with E-state index in [1.54, 1.807) is 20.8 Å². The van der Waals surface area contributed by atoms with E-state index < -0.39 is 23.6 Å². The van der Waals surface area contributed by atoms with Gasteiger partial charge in [0.25, 0.3) is 0 Å². The summed E-state index contributed by atoms with van der Waals surface area (Å²) in [5, 5.41) is 11.8. The summed E-state index contributed by atoms with van der Waals surface area (Å²) in [6.07, 6.45) is 0.683. The molecule has 1 aliphatic rings. The summed E-state index contributed by atoms with van der Waals surface area (Å²) < 4.78 is 5.15. The number of carbonyl (C=O) groups is 2. The largest absolute Gasteiger partial charge is 0.481 e. The average molecular weight is 257 g/mol. The molecule has 0 aromatic heterocycles. The van der Waals surface area contributed by atoms with E-state index in [-0.39, 0.29) is 11.5 Å². The Balaban J connectivity index is 2.65. The van der Waals surface area contributed by atoms with Crippen LogP contribution >= 0.6 is 0 Å². The van der Waals surface area contributed by atoms with Gasteiger partial charge < -0.3 is 15.2 Å². The number of amides is 1. The average Bonchev–Trinajstić information content (AvgIpc) is 2.37. The smallest absolute Gasteiger partial charge is 0.407 e. The molecule has 5 nitrogen and oxygen atoms in total. The molecule has 2 N–H and O–H groups in total. The van der Waals surface area contributed by atoms with Gasteiger partial charge in [-0.2, -0.15) is 0 Å². The molecule has 1 saturated carbocycles. The lowest BCUT2D eigenvalue weighted by Crippen LogP contribution is -2.42. The second-order valence-corrected chi connectivity index (χ2v) is 6.77. The molecule has 0 bridgehead atoms. The lowest BCUT2D eigenvalue weighted by molar-refractivity contribution is -0.142. The van der Waals surface area contributed by atoms with E-state index in [0.717, 1.165) is 0 Å². The van der Waals surface area contributed by atoms with Gasteiger partial charge in [-0.05, 0) is 39.0 Å². The summed E-state index contributed by atoms with van der Waals surface area (Å²) in [4.78, 5) is 22.8. The highest BCUT2D eigenvalue weighted by Crippen LogP contribution is 2.41. The third-order valence-electron chi connectivity index (χ3n) is 3.05. The Labute approximate surface area is 108 Å². The highest BCUT2D eigenvalue weighted by molar-refractivity contribution is 5.74. The lowest BCUT2D eigenvalue weighted by Gasteiger charge is -2.23. The Morgan fingerprint density at radius 2 is 1.83 bits per heavy atom. The molecule has 0 aromatic carbocycles. The minimum atomic E-state index is -0.860. The first-order chi connectivity index (χ1) is 8.00. The SMILES string of the molecule is CC1(C)C[C@H](NC(=O)OC(C)(C)C)[C@@H](C(=O)O)C1. The number of carboxylic acid groups (broad SMARTS) is 1. The maximum absolute atomic E-state index is 11.7. The van der Waals surface area contributed by atoms with Crippen molar-refractivity contribution in [2.45, 2.75) is 59.1 Å². The van der Waals surface area contributed by atoms with E-state index >= 15 is 0 Å². The molecule has 18 heavy (non-hydrogen) atoms. The van der Waals surface area contributed by atoms with Crippen molar-refractivity contribution in [1.29, 1.82) is 0 Å². The second-order valence-electron chi connectivity index (χ2n) is 6.77. The quantitative estimate of drug-likeness (QED) is 0.796. The van der Waals surface area contributed by atoms with E-state index in [1.807, 2.05) is 13.8 Å². The van der Waals surface area contributed by atoms with Crippen LogP contribution in [0.1, 0.15) is 47.5 Å². The van der Waals surface area contributed by atoms with Crippen LogP contribution in [0.5, 0.6) is 0 Å². The van der Waals surface area contributed by atoms with Gasteiger partial charge in [-0.25, -0.2) is 4.79 Å². The molecule has 0 spiro atoms. The number of hydrogen-bond donors (Lipinski definition) is 2. The first-order valence-corrected chi connectivity index (χ1v) is 6.22. The van der Waals surface area contributed by atoms with Crippen LogP contribution in [0, 0.1) is 11.3 Å². The molecule has 1 aliphatic carbocycles. The number of carboxylic acids is 1. The standard InChI is InChI=1S/C13H23NO4/c1-12(2,3)18-11(17)14-9-7-13(4,5)6-8(9)10(15)16/h8-9H,6-7H2,1-5H3,(H,14,17)(H,15,16)/t8-,9-/m0/s1. The number of ether oxygens (including phenoxy) is 1. The van der Waals surface area contributed by atoms with Crippen LogP contribution < -0.4 is 5.32 Å². The number of aliphatic carboxylic acids is 1. The Hall–Kier alpha value is -1.26. The topological polar surface area (TPSA) is 75.6 Å². The summed E-state index contributed by atoms with van der Waals surface area (Å²) in [6.45, 7) is 9.36. The molecule has 5 heteroatoms. The van der Waals surface area contributed by atoms with Gasteiger partial charge in [0, 0.05) is 6.04 Å². The molecule has 1 amide bonds. The molecule has 2 atom stereocenters. The van der Waals surface area contributed by atoms with E-state index in [4.69, 9.17) is 9.84 Å². The maximum atomic E-state index is 11.7. The molecule has 0 radical (unpaired) electrons. The Morgan fingerprint density at radius 3 is 2.28 bits per heavy atom. The zero-order valence-corrected chi connectivity index (χ0v) is 11.7. The minimum Gasteiger partial charge on any atom is -0.481 e. The predicted molar refractivity (Wildman–Crippen MR) is 67.3 cm³/mol. The Morgan fingerprint density at radius 1 is 1.28 bits per heavy atom. The summed E-state index contributed by atoms with van der Waals surface area (Å²) in [5.74, 6) is -1.39. The molecule has 0 aromatic rings. The Kier molecular flexibility index (Phi) is 3.93. The Bertz CT molecular complexity index is 343. The van der Waals surface area contributed by atoms with Crippen molar-refractivity contribution in [3.05, 3.63) is 0 Å². The van der Waals surface area contributed by atoms with Crippen molar-refractivity contribution in [1.82, 2.24) is 5.32 Å². The van der Waals surface area contributed by atoms with Gasteiger partial charge in [0.1, 0.15) is 5.60 Å². The maximum Gasteiger partial charge on any atom is 0.407 e. The molecule has 0 saturated heterocycles. The highest BCUT2D eigenvalue weighted by Gasteiger charge is 2.44. The van der Waals surface area contributed by atoms with Crippen LogP contribution in [0.15, 0.2) is 0 Å². The zero-order valence-electron chi connectivity index (χ0n) is 11.7. The van der Waals surface area contributed by atoms with Crippen LogP contribution in [-0.2, 0) is 9.53 Å². The highest BCUT2D eigenvalue weighted by atomic mass is 16.6. The van der Waals surface area contributed by atoms with Crippen molar-refractivity contribution in [3.63, 3.8) is 0 Å². The molecule has 0 heterocycles. The molecule has 0 aliphatic heterocycles. The fourth-order valence-electron chi connectivity index (χ4n) is 2.43. The molecule has 1 fully saturated rings. The number of hydrogen-bond acceptors (Lipinski definition) is 3. The van der Waals surface area contributed by atoms with Gasteiger partial charge in [-0.3, -0.25) is 4.79 Å². The summed E-state index contributed by atoms with van der Waals surface area (Å²) in [6, 6.07) is -0.354. The van der Waals surface area contributed by atoms with Gasteiger partial charge in [0.15, 0.2) is 0 Å². The number of alkyl carbamates (subject to hydrolysis) is 1. The molecule has 1 rings (SSSR count).